The number of aryl methyl sites for hydroxylation is 1. The molecule has 0 spiro atoms. The summed E-state index contributed by atoms with van der Waals surface area (Å²) in [6.45, 7) is 7.77. The molecule has 0 radical (unpaired) electrons. The number of halogens is 1. The van der Waals surface area contributed by atoms with Crippen molar-refractivity contribution in [3.8, 4) is 0 Å². The molecule has 2 heteroatoms. The Hall–Kier alpha value is -0.600. The van der Waals surface area contributed by atoms with Gasteiger partial charge in [-0.15, -0.1) is 0 Å². The summed E-state index contributed by atoms with van der Waals surface area (Å²) in [6, 6.07) is 10.7. The van der Waals surface area contributed by atoms with Crippen molar-refractivity contribution < 1.29 is 22.3 Å². The Bertz CT molecular complexity index is 326. The normalized spacial score (nSPS) is 9.59. The van der Waals surface area contributed by atoms with E-state index >= 15 is 0 Å². The van der Waals surface area contributed by atoms with Crippen molar-refractivity contribution in [2.24, 2.45) is 0 Å². The lowest BCUT2D eigenvalue weighted by molar-refractivity contribution is -0.607. The fraction of sp³-hybridized carbons (Fsp3) is 0.467. The van der Waals surface area contributed by atoms with Crippen LogP contribution in [0.25, 0.3) is 0 Å². The SMILES string of the molecule is CC(C)=C(C)[NH2+]CCCCc1ccccc1.[Br-]. The number of unbranched alkanes of at least 4 members (excludes halogenated alkanes) is 1. The zero-order chi connectivity index (χ0) is 11.8. The van der Waals surface area contributed by atoms with E-state index in [2.05, 4.69) is 56.4 Å². The molecule has 0 amide bonds. The van der Waals surface area contributed by atoms with Gasteiger partial charge in [0.1, 0.15) is 5.70 Å². The molecule has 0 saturated heterocycles. The van der Waals surface area contributed by atoms with Crippen molar-refractivity contribution in [2.75, 3.05) is 6.54 Å². The first-order valence-corrected chi connectivity index (χ1v) is 6.21. The van der Waals surface area contributed by atoms with E-state index in [0.29, 0.717) is 0 Å². The maximum absolute atomic E-state index is 2.36. The van der Waals surface area contributed by atoms with E-state index < -0.39 is 0 Å². The molecule has 0 bridgehead atoms. The smallest absolute Gasteiger partial charge is 0.101 e. The average molecular weight is 298 g/mol. The maximum Gasteiger partial charge on any atom is 0.101 e. The van der Waals surface area contributed by atoms with Gasteiger partial charge in [-0.25, -0.2) is 0 Å². The number of hydrogen-bond donors (Lipinski definition) is 1. The van der Waals surface area contributed by atoms with Gasteiger partial charge in [-0.2, -0.15) is 0 Å². The summed E-state index contributed by atoms with van der Waals surface area (Å²) in [5.41, 5.74) is 4.34. The van der Waals surface area contributed by atoms with Gasteiger partial charge in [0.05, 0.1) is 6.54 Å². The van der Waals surface area contributed by atoms with Gasteiger partial charge in [0.15, 0.2) is 0 Å². The zero-order valence-electron chi connectivity index (χ0n) is 11.2. The number of rotatable bonds is 6. The molecular formula is C15H24BrN. The standard InChI is InChI=1S/C15H23N.BrH/c1-13(2)14(3)16-12-8-7-11-15-9-5-4-6-10-15;/h4-6,9-10,16H,7-8,11-12H2,1-3H3;1H. The van der Waals surface area contributed by atoms with Gasteiger partial charge < -0.3 is 22.3 Å². The molecule has 0 atom stereocenters. The zero-order valence-corrected chi connectivity index (χ0v) is 12.8. The Kier molecular flexibility index (Phi) is 9.10. The molecule has 1 aromatic carbocycles. The minimum absolute atomic E-state index is 0. The molecule has 0 aliphatic carbocycles. The minimum Gasteiger partial charge on any atom is -1.00 e. The fourth-order valence-corrected chi connectivity index (χ4v) is 1.64. The summed E-state index contributed by atoms with van der Waals surface area (Å²) in [6.07, 6.45) is 3.79. The quantitative estimate of drug-likeness (QED) is 0.706. The summed E-state index contributed by atoms with van der Waals surface area (Å²) in [7, 11) is 0. The second-order valence-corrected chi connectivity index (χ2v) is 4.62. The summed E-state index contributed by atoms with van der Waals surface area (Å²) >= 11 is 0. The molecule has 1 rings (SSSR count). The van der Waals surface area contributed by atoms with Gasteiger partial charge >= 0.3 is 0 Å². The fourth-order valence-electron chi connectivity index (χ4n) is 1.64. The van der Waals surface area contributed by atoms with Crippen molar-refractivity contribution in [1.82, 2.24) is 0 Å². The molecule has 17 heavy (non-hydrogen) atoms. The van der Waals surface area contributed by atoms with Crippen molar-refractivity contribution in [2.45, 2.75) is 40.0 Å². The molecule has 1 nitrogen and oxygen atoms in total. The van der Waals surface area contributed by atoms with Crippen LogP contribution >= 0.6 is 0 Å². The summed E-state index contributed by atoms with van der Waals surface area (Å²) in [4.78, 5) is 0. The molecule has 0 aliphatic heterocycles. The van der Waals surface area contributed by atoms with Gasteiger partial charge in [-0.1, -0.05) is 30.3 Å². The molecule has 2 N–H and O–H groups in total. The molecule has 96 valence electrons. The highest BCUT2D eigenvalue weighted by atomic mass is 79.9. The Balaban J connectivity index is 0.00000256. The second kappa shape index (κ2) is 9.43. The lowest BCUT2D eigenvalue weighted by atomic mass is 10.1. The number of allylic oxidation sites excluding steroid dienone is 2. The molecule has 0 aromatic heterocycles. The monoisotopic (exact) mass is 297 g/mol. The Morgan fingerprint density at radius 3 is 2.24 bits per heavy atom. The minimum atomic E-state index is 0. The van der Waals surface area contributed by atoms with Gasteiger partial charge in [0, 0.05) is 6.92 Å². The van der Waals surface area contributed by atoms with Crippen LogP contribution in [0.15, 0.2) is 41.6 Å². The lowest BCUT2D eigenvalue weighted by Gasteiger charge is -2.03. The summed E-state index contributed by atoms with van der Waals surface area (Å²) in [5.74, 6) is 0. The first-order valence-electron chi connectivity index (χ1n) is 6.21. The molecule has 1 aromatic rings. The van der Waals surface area contributed by atoms with Crippen LogP contribution in [0.3, 0.4) is 0 Å². The van der Waals surface area contributed by atoms with Crippen LogP contribution in [0.2, 0.25) is 0 Å². The lowest BCUT2D eigenvalue weighted by Crippen LogP contribution is -3.00. The predicted octanol–water partition coefficient (Wildman–Crippen LogP) is -0.109. The van der Waals surface area contributed by atoms with Crippen LogP contribution < -0.4 is 22.3 Å². The van der Waals surface area contributed by atoms with Gasteiger partial charge in [0.25, 0.3) is 0 Å². The van der Waals surface area contributed by atoms with E-state index in [-0.39, 0.29) is 17.0 Å². The van der Waals surface area contributed by atoms with Crippen molar-refractivity contribution in [1.29, 1.82) is 0 Å². The van der Waals surface area contributed by atoms with Crippen LogP contribution in [-0.4, -0.2) is 6.54 Å². The average Bonchev–Trinajstić information content (AvgIpc) is 2.29. The Morgan fingerprint density at radius 1 is 1.00 bits per heavy atom. The highest BCUT2D eigenvalue weighted by Gasteiger charge is 1.97. The van der Waals surface area contributed by atoms with Crippen LogP contribution in [-0.2, 0) is 6.42 Å². The Morgan fingerprint density at radius 2 is 1.65 bits per heavy atom. The van der Waals surface area contributed by atoms with Gasteiger partial charge in [-0.3, -0.25) is 0 Å². The number of quaternary nitrogens is 1. The second-order valence-electron chi connectivity index (χ2n) is 4.62. The van der Waals surface area contributed by atoms with E-state index in [1.165, 1.54) is 42.6 Å². The molecule has 0 aliphatic rings. The third kappa shape index (κ3) is 7.35. The maximum atomic E-state index is 2.36. The number of benzene rings is 1. The third-order valence-corrected chi connectivity index (χ3v) is 3.00. The van der Waals surface area contributed by atoms with E-state index in [0.717, 1.165) is 0 Å². The predicted molar refractivity (Wildman–Crippen MR) is 70.2 cm³/mol. The molecule has 0 unspecified atom stereocenters. The van der Waals surface area contributed by atoms with E-state index in [9.17, 15) is 0 Å². The van der Waals surface area contributed by atoms with Crippen molar-refractivity contribution in [3.05, 3.63) is 47.2 Å². The van der Waals surface area contributed by atoms with E-state index in [1.54, 1.807) is 0 Å². The highest BCUT2D eigenvalue weighted by molar-refractivity contribution is 5.14. The molecular weight excluding hydrogens is 274 g/mol. The first-order chi connectivity index (χ1) is 7.70. The van der Waals surface area contributed by atoms with E-state index in [1.807, 2.05) is 0 Å². The molecule has 0 saturated carbocycles. The number of hydrogen-bond acceptors (Lipinski definition) is 0. The van der Waals surface area contributed by atoms with Gasteiger partial charge in [0.2, 0.25) is 0 Å². The van der Waals surface area contributed by atoms with Crippen LogP contribution in [0.1, 0.15) is 39.2 Å². The first kappa shape index (κ1) is 16.4. The van der Waals surface area contributed by atoms with Gasteiger partial charge in [-0.05, 0) is 44.2 Å². The van der Waals surface area contributed by atoms with Crippen molar-refractivity contribution >= 4 is 0 Å². The topological polar surface area (TPSA) is 16.6 Å². The molecule has 0 fully saturated rings. The summed E-state index contributed by atoms with van der Waals surface area (Å²) < 4.78 is 0. The summed E-state index contributed by atoms with van der Waals surface area (Å²) in [5, 5.41) is 2.36. The largest absolute Gasteiger partial charge is 1.00 e. The highest BCUT2D eigenvalue weighted by Crippen LogP contribution is 2.03. The van der Waals surface area contributed by atoms with Crippen LogP contribution in [0.5, 0.6) is 0 Å². The van der Waals surface area contributed by atoms with E-state index in [4.69, 9.17) is 0 Å². The van der Waals surface area contributed by atoms with Crippen LogP contribution in [0, 0.1) is 0 Å². The van der Waals surface area contributed by atoms with Crippen molar-refractivity contribution in [3.63, 3.8) is 0 Å². The number of nitrogens with two attached hydrogens (primary N) is 1. The Labute approximate surface area is 116 Å². The third-order valence-electron chi connectivity index (χ3n) is 3.00. The molecule has 0 heterocycles. The van der Waals surface area contributed by atoms with Crippen LogP contribution in [0.4, 0.5) is 0 Å².